The predicted octanol–water partition coefficient (Wildman–Crippen LogP) is 4.23. The van der Waals surface area contributed by atoms with E-state index in [1.165, 1.54) is 51.4 Å². The molecule has 0 spiro atoms. The molecule has 0 amide bonds. The highest BCUT2D eigenvalue weighted by Gasteiger charge is 2.32. The van der Waals surface area contributed by atoms with E-state index < -0.39 is 0 Å². The van der Waals surface area contributed by atoms with E-state index in [9.17, 15) is 0 Å². The van der Waals surface area contributed by atoms with E-state index in [-0.39, 0.29) is 0 Å². The summed E-state index contributed by atoms with van der Waals surface area (Å²) in [5.41, 5.74) is 3.57. The molecule has 0 heterocycles. The van der Waals surface area contributed by atoms with Gasteiger partial charge in [-0.25, -0.2) is 0 Å². The molecule has 14 heavy (non-hydrogen) atoms. The Hall–Kier alpha value is -0.520. The monoisotopic (exact) mass is 188 g/mol. The van der Waals surface area contributed by atoms with Crippen LogP contribution in [-0.4, -0.2) is 0 Å². The van der Waals surface area contributed by atoms with Gasteiger partial charge in [0.1, 0.15) is 0 Å². The average Bonchev–Trinajstić information content (AvgIpc) is 2.29. The lowest BCUT2D eigenvalue weighted by Gasteiger charge is -2.39. The molecule has 0 unspecified atom stereocenters. The largest absolute Gasteiger partial charge is 0.0665 e. The molecule has 2 fully saturated rings. The smallest absolute Gasteiger partial charge is 0.0134 e. The van der Waals surface area contributed by atoms with Crippen molar-refractivity contribution in [3.8, 4) is 0 Å². The first-order valence-electron chi connectivity index (χ1n) is 6.34. The molecule has 0 aromatic rings. The van der Waals surface area contributed by atoms with Crippen molar-refractivity contribution < 1.29 is 0 Å². The fourth-order valence-corrected chi connectivity index (χ4v) is 3.68. The van der Waals surface area contributed by atoms with Crippen molar-refractivity contribution in [3.05, 3.63) is 23.3 Å². The molecule has 0 nitrogen and oxygen atoms in total. The van der Waals surface area contributed by atoms with Crippen LogP contribution >= 0.6 is 0 Å². The van der Waals surface area contributed by atoms with Gasteiger partial charge in [-0.05, 0) is 50.4 Å². The molecule has 0 aromatic heterocycles. The van der Waals surface area contributed by atoms with Crippen LogP contribution < -0.4 is 0 Å². The fourth-order valence-electron chi connectivity index (χ4n) is 3.68. The van der Waals surface area contributed by atoms with E-state index in [2.05, 4.69) is 12.2 Å². The van der Waals surface area contributed by atoms with E-state index in [0.717, 1.165) is 11.8 Å². The summed E-state index contributed by atoms with van der Waals surface area (Å²) in [5, 5.41) is 0. The second-order valence-corrected chi connectivity index (χ2v) is 5.19. The summed E-state index contributed by atoms with van der Waals surface area (Å²) in [6, 6.07) is 0. The Labute approximate surface area is 87.1 Å². The number of allylic oxidation sites excluding steroid dienone is 4. The number of fused-ring (bicyclic) bond motifs is 3. The maximum atomic E-state index is 2.46. The van der Waals surface area contributed by atoms with Crippen LogP contribution in [0.3, 0.4) is 0 Å². The van der Waals surface area contributed by atoms with Gasteiger partial charge in [0, 0.05) is 0 Å². The highest BCUT2D eigenvalue weighted by molar-refractivity contribution is 5.31. The van der Waals surface area contributed by atoms with Crippen LogP contribution in [0.1, 0.15) is 51.4 Å². The van der Waals surface area contributed by atoms with Crippen molar-refractivity contribution in [1.82, 2.24) is 0 Å². The third-order valence-corrected chi connectivity index (χ3v) is 4.41. The zero-order valence-corrected chi connectivity index (χ0v) is 8.97. The lowest BCUT2D eigenvalue weighted by Crippen LogP contribution is -2.26. The van der Waals surface area contributed by atoms with Crippen LogP contribution in [0.5, 0.6) is 0 Å². The van der Waals surface area contributed by atoms with Crippen LogP contribution in [-0.2, 0) is 0 Å². The molecule has 2 atom stereocenters. The van der Waals surface area contributed by atoms with E-state index in [1.54, 1.807) is 11.1 Å². The number of hydrogen-bond donors (Lipinski definition) is 0. The Morgan fingerprint density at radius 2 is 1.21 bits per heavy atom. The molecule has 0 bridgehead atoms. The Morgan fingerprint density at radius 3 is 1.71 bits per heavy atom. The summed E-state index contributed by atoms with van der Waals surface area (Å²) in [4.78, 5) is 0. The van der Waals surface area contributed by atoms with Gasteiger partial charge in [0.05, 0.1) is 0 Å². The van der Waals surface area contributed by atoms with E-state index in [1.807, 2.05) is 0 Å². The van der Waals surface area contributed by atoms with E-state index in [4.69, 9.17) is 0 Å². The van der Waals surface area contributed by atoms with Crippen molar-refractivity contribution in [1.29, 1.82) is 0 Å². The zero-order chi connectivity index (χ0) is 9.38. The molecular weight excluding hydrogens is 168 g/mol. The van der Waals surface area contributed by atoms with Crippen molar-refractivity contribution in [2.24, 2.45) is 11.8 Å². The van der Waals surface area contributed by atoms with Gasteiger partial charge < -0.3 is 0 Å². The molecule has 0 aromatic carbocycles. The highest BCUT2D eigenvalue weighted by atomic mass is 14.4. The second-order valence-electron chi connectivity index (χ2n) is 5.19. The summed E-state index contributed by atoms with van der Waals surface area (Å²) in [5.74, 6) is 1.92. The minimum Gasteiger partial charge on any atom is -0.0665 e. The van der Waals surface area contributed by atoms with Gasteiger partial charge in [-0.1, -0.05) is 36.1 Å². The van der Waals surface area contributed by atoms with Crippen LogP contribution in [0.15, 0.2) is 23.3 Å². The van der Waals surface area contributed by atoms with Gasteiger partial charge in [-0.15, -0.1) is 0 Å². The maximum Gasteiger partial charge on any atom is -0.0134 e. The third kappa shape index (κ3) is 1.36. The summed E-state index contributed by atoms with van der Waals surface area (Å²) in [6.45, 7) is 0. The Bertz CT molecular complexity index is 252. The molecule has 0 heteroatoms. The summed E-state index contributed by atoms with van der Waals surface area (Å²) >= 11 is 0. The molecule has 3 aliphatic carbocycles. The maximum absolute atomic E-state index is 2.46. The first-order valence-corrected chi connectivity index (χ1v) is 6.34. The van der Waals surface area contributed by atoms with Crippen molar-refractivity contribution >= 4 is 0 Å². The second kappa shape index (κ2) is 3.56. The highest BCUT2D eigenvalue weighted by Crippen LogP contribution is 2.46. The molecule has 0 N–H and O–H groups in total. The van der Waals surface area contributed by atoms with Crippen molar-refractivity contribution in [3.63, 3.8) is 0 Å². The van der Waals surface area contributed by atoms with Crippen molar-refractivity contribution in [2.45, 2.75) is 51.4 Å². The van der Waals surface area contributed by atoms with Crippen LogP contribution in [0, 0.1) is 11.8 Å². The Kier molecular flexibility index (Phi) is 2.23. The predicted molar refractivity (Wildman–Crippen MR) is 60.1 cm³/mol. The Balaban J connectivity index is 1.89. The van der Waals surface area contributed by atoms with Gasteiger partial charge in [-0.2, -0.15) is 0 Å². The molecule has 0 saturated heterocycles. The molecule has 3 aliphatic rings. The quantitative estimate of drug-likeness (QED) is 0.533. The van der Waals surface area contributed by atoms with E-state index >= 15 is 0 Å². The lowest BCUT2D eigenvalue weighted by atomic mass is 9.66. The molecule has 0 radical (unpaired) electrons. The van der Waals surface area contributed by atoms with E-state index in [0.29, 0.717) is 0 Å². The lowest BCUT2D eigenvalue weighted by molar-refractivity contribution is 0.297. The van der Waals surface area contributed by atoms with Crippen LogP contribution in [0.4, 0.5) is 0 Å². The number of hydrogen-bond acceptors (Lipinski definition) is 0. The molecular formula is C14H20. The first-order chi connectivity index (χ1) is 6.95. The van der Waals surface area contributed by atoms with Gasteiger partial charge >= 0.3 is 0 Å². The van der Waals surface area contributed by atoms with Gasteiger partial charge in [-0.3, -0.25) is 0 Å². The van der Waals surface area contributed by atoms with Crippen molar-refractivity contribution in [2.75, 3.05) is 0 Å². The average molecular weight is 188 g/mol. The van der Waals surface area contributed by atoms with Crippen LogP contribution in [0.2, 0.25) is 0 Å². The van der Waals surface area contributed by atoms with Gasteiger partial charge in [0.2, 0.25) is 0 Å². The summed E-state index contributed by atoms with van der Waals surface area (Å²) < 4.78 is 0. The minimum absolute atomic E-state index is 0.962. The molecule has 0 aliphatic heterocycles. The Morgan fingerprint density at radius 1 is 0.714 bits per heavy atom. The minimum atomic E-state index is 0.962. The molecule has 76 valence electrons. The van der Waals surface area contributed by atoms with Gasteiger partial charge in [0.15, 0.2) is 0 Å². The first kappa shape index (κ1) is 8.76. The third-order valence-electron chi connectivity index (χ3n) is 4.41. The summed E-state index contributed by atoms with van der Waals surface area (Å²) in [6.07, 6.45) is 16.5. The SMILES string of the molecule is C1=C2CCCC[C@H]2[C@H]2CCCCC2=C1. The molecule has 3 rings (SSSR count). The summed E-state index contributed by atoms with van der Waals surface area (Å²) in [7, 11) is 0. The normalized spacial score (nSPS) is 36.6. The zero-order valence-electron chi connectivity index (χ0n) is 8.97. The van der Waals surface area contributed by atoms with Crippen LogP contribution in [0.25, 0.3) is 0 Å². The topological polar surface area (TPSA) is 0 Å². The standard InChI is InChI=1S/C14H20/c1-3-7-13-11(5-1)9-10-12-6-2-4-8-14(12)13/h9-10,13-14H,1-8H2/t13-,14+. The van der Waals surface area contributed by atoms with Gasteiger partial charge in [0.25, 0.3) is 0 Å². The molecule has 2 saturated carbocycles. The fraction of sp³-hybridized carbons (Fsp3) is 0.714. The number of rotatable bonds is 0.